The average molecular weight is 598 g/mol. The van der Waals surface area contributed by atoms with Crippen LogP contribution in [0.25, 0.3) is 39.5 Å². The van der Waals surface area contributed by atoms with Crippen LogP contribution in [-0.4, -0.2) is 58.7 Å². The number of nitrogen functional groups attached to an aromatic ring is 1. The molecule has 6 heterocycles. The Hall–Kier alpha value is -5.67. The molecule has 12 heteroatoms. The number of benzene rings is 1. The minimum absolute atomic E-state index is 0.178. The van der Waals surface area contributed by atoms with Crippen LogP contribution in [0.4, 0.5) is 11.6 Å². The standard InChI is InChI=1S/C33H31N11O/c1-20-30(21(2)45-42-20)26-9-10-27-33(39-26)44(32(40-27)25-4-3-14-37-31(25)35)24-7-5-22(6-8-24)19-43-16-12-23(13-17-43)38-28-11-15-36-29(18-34)41-28/h3-11,14-15,23H,12-13,16-17,19H2,1-2H3,(H2,35,37)(H,36,38,41). The van der Waals surface area contributed by atoms with Crippen LogP contribution in [0.15, 0.2) is 71.5 Å². The normalized spacial score (nSPS) is 14.1. The van der Waals surface area contributed by atoms with Gasteiger partial charge in [0.2, 0.25) is 5.82 Å². The molecule has 1 fully saturated rings. The van der Waals surface area contributed by atoms with Crippen LogP contribution in [0.3, 0.4) is 0 Å². The molecule has 12 nitrogen and oxygen atoms in total. The van der Waals surface area contributed by atoms with Crippen molar-refractivity contribution < 1.29 is 4.52 Å². The molecule has 3 N–H and O–H groups in total. The first-order valence-electron chi connectivity index (χ1n) is 14.8. The number of nitrogens with one attached hydrogen (secondary N) is 1. The molecule has 1 aliphatic rings. The van der Waals surface area contributed by atoms with Gasteiger partial charge in [-0.15, -0.1) is 0 Å². The van der Waals surface area contributed by atoms with Gasteiger partial charge in [0, 0.05) is 43.8 Å². The molecule has 0 amide bonds. The smallest absolute Gasteiger partial charge is 0.234 e. The van der Waals surface area contributed by atoms with Crippen molar-refractivity contribution >= 4 is 22.8 Å². The highest BCUT2D eigenvalue weighted by Crippen LogP contribution is 2.33. The maximum absolute atomic E-state index is 9.07. The van der Waals surface area contributed by atoms with Crippen LogP contribution in [0.5, 0.6) is 0 Å². The van der Waals surface area contributed by atoms with Crippen molar-refractivity contribution in [1.82, 2.24) is 39.5 Å². The molecule has 0 atom stereocenters. The Balaban J connectivity index is 1.14. The minimum atomic E-state index is 0.178. The number of anilines is 2. The van der Waals surface area contributed by atoms with E-state index in [-0.39, 0.29) is 5.82 Å². The lowest BCUT2D eigenvalue weighted by atomic mass is 10.0. The van der Waals surface area contributed by atoms with Gasteiger partial charge in [-0.25, -0.2) is 24.9 Å². The van der Waals surface area contributed by atoms with Gasteiger partial charge in [0.1, 0.15) is 29.0 Å². The molecule has 0 bridgehead atoms. The Morgan fingerprint density at radius 1 is 0.978 bits per heavy atom. The van der Waals surface area contributed by atoms with Crippen LogP contribution in [-0.2, 0) is 6.54 Å². The number of piperidine rings is 1. The van der Waals surface area contributed by atoms with E-state index < -0.39 is 0 Å². The number of fused-ring (bicyclic) bond motifs is 1. The largest absolute Gasteiger partial charge is 0.383 e. The van der Waals surface area contributed by atoms with Gasteiger partial charge in [0.05, 0.1) is 22.5 Å². The molecule has 6 aromatic rings. The lowest BCUT2D eigenvalue weighted by Crippen LogP contribution is -2.38. The average Bonchev–Trinajstić information content (AvgIpc) is 3.61. The highest BCUT2D eigenvalue weighted by Gasteiger charge is 2.22. The van der Waals surface area contributed by atoms with E-state index in [1.807, 2.05) is 48.7 Å². The van der Waals surface area contributed by atoms with Crippen molar-refractivity contribution in [1.29, 1.82) is 5.26 Å². The number of hydrogen-bond acceptors (Lipinski definition) is 11. The number of aryl methyl sites for hydroxylation is 2. The van der Waals surface area contributed by atoms with Gasteiger partial charge in [0.15, 0.2) is 11.5 Å². The molecule has 7 rings (SSSR count). The minimum Gasteiger partial charge on any atom is -0.383 e. The fraction of sp³-hybridized carbons (Fsp3) is 0.242. The van der Waals surface area contributed by atoms with E-state index in [0.29, 0.717) is 34.9 Å². The zero-order valence-electron chi connectivity index (χ0n) is 25.0. The number of aromatic nitrogens is 7. The van der Waals surface area contributed by atoms with Gasteiger partial charge in [-0.2, -0.15) is 5.26 Å². The molecule has 1 aliphatic heterocycles. The first-order chi connectivity index (χ1) is 22.0. The molecule has 0 saturated carbocycles. The number of pyridine rings is 2. The second-order valence-electron chi connectivity index (χ2n) is 11.2. The van der Waals surface area contributed by atoms with Crippen LogP contribution in [0.2, 0.25) is 0 Å². The molecular weight excluding hydrogens is 566 g/mol. The molecule has 0 aliphatic carbocycles. The zero-order chi connectivity index (χ0) is 30.9. The lowest BCUT2D eigenvalue weighted by molar-refractivity contribution is 0.211. The van der Waals surface area contributed by atoms with E-state index >= 15 is 0 Å². The molecule has 1 saturated heterocycles. The highest BCUT2D eigenvalue weighted by molar-refractivity contribution is 5.84. The third-order valence-electron chi connectivity index (χ3n) is 8.17. The van der Waals surface area contributed by atoms with Gasteiger partial charge in [-0.1, -0.05) is 17.3 Å². The monoisotopic (exact) mass is 597 g/mol. The maximum Gasteiger partial charge on any atom is 0.234 e. The van der Waals surface area contributed by atoms with Crippen LogP contribution < -0.4 is 11.1 Å². The van der Waals surface area contributed by atoms with Gasteiger partial charge in [0.25, 0.3) is 0 Å². The summed E-state index contributed by atoms with van der Waals surface area (Å²) in [6.45, 7) is 6.57. The summed E-state index contributed by atoms with van der Waals surface area (Å²) < 4.78 is 7.46. The highest BCUT2D eigenvalue weighted by atomic mass is 16.5. The second kappa shape index (κ2) is 11.8. The summed E-state index contributed by atoms with van der Waals surface area (Å²) in [5.41, 5.74) is 13.1. The maximum atomic E-state index is 9.07. The first kappa shape index (κ1) is 28.1. The molecule has 0 radical (unpaired) electrons. The van der Waals surface area contributed by atoms with Crippen molar-refractivity contribution in [2.75, 3.05) is 24.1 Å². The van der Waals surface area contributed by atoms with E-state index in [1.54, 1.807) is 18.5 Å². The molecule has 0 spiro atoms. The van der Waals surface area contributed by atoms with Gasteiger partial charge < -0.3 is 15.6 Å². The number of nitrogens with zero attached hydrogens (tertiary/aromatic N) is 9. The van der Waals surface area contributed by atoms with Crippen LogP contribution in [0.1, 0.15) is 35.7 Å². The second-order valence-corrected chi connectivity index (χ2v) is 11.2. The van der Waals surface area contributed by atoms with Crippen molar-refractivity contribution in [3.63, 3.8) is 0 Å². The number of imidazole rings is 1. The molecule has 45 heavy (non-hydrogen) atoms. The molecule has 1 aromatic carbocycles. The predicted octanol–water partition coefficient (Wildman–Crippen LogP) is 5.07. The summed E-state index contributed by atoms with van der Waals surface area (Å²) in [6, 6.07) is 20.3. The third-order valence-corrected chi connectivity index (χ3v) is 8.17. The zero-order valence-corrected chi connectivity index (χ0v) is 25.0. The fourth-order valence-corrected chi connectivity index (χ4v) is 5.92. The van der Waals surface area contributed by atoms with Crippen molar-refractivity contribution in [3.8, 4) is 34.4 Å². The summed E-state index contributed by atoms with van der Waals surface area (Å²) in [5, 5.41) is 16.6. The Bertz CT molecular complexity index is 2010. The number of nitriles is 1. The van der Waals surface area contributed by atoms with Gasteiger partial charge >= 0.3 is 0 Å². The number of rotatable bonds is 7. The quantitative estimate of drug-likeness (QED) is 0.253. The van der Waals surface area contributed by atoms with E-state index in [0.717, 1.165) is 66.2 Å². The summed E-state index contributed by atoms with van der Waals surface area (Å²) in [6.07, 6.45) is 5.26. The van der Waals surface area contributed by atoms with Crippen molar-refractivity contribution in [2.24, 2.45) is 0 Å². The van der Waals surface area contributed by atoms with E-state index in [2.05, 4.69) is 54.6 Å². The fourth-order valence-electron chi connectivity index (χ4n) is 5.92. The number of likely N-dealkylation sites (tertiary alicyclic amines) is 1. The predicted molar refractivity (Wildman–Crippen MR) is 170 cm³/mol. The Labute approximate surface area is 259 Å². The first-order valence-corrected chi connectivity index (χ1v) is 14.8. The summed E-state index contributed by atoms with van der Waals surface area (Å²) >= 11 is 0. The molecular formula is C33H31N11O. The van der Waals surface area contributed by atoms with Crippen molar-refractivity contribution in [2.45, 2.75) is 39.3 Å². The van der Waals surface area contributed by atoms with E-state index in [1.165, 1.54) is 5.56 Å². The molecule has 5 aromatic heterocycles. The van der Waals surface area contributed by atoms with E-state index in [4.69, 9.17) is 25.5 Å². The van der Waals surface area contributed by atoms with Gasteiger partial charge in [-0.05, 0) is 74.7 Å². The van der Waals surface area contributed by atoms with Gasteiger partial charge in [-0.3, -0.25) is 9.47 Å². The number of hydrogen-bond donors (Lipinski definition) is 2. The van der Waals surface area contributed by atoms with Crippen molar-refractivity contribution in [3.05, 3.63) is 89.8 Å². The SMILES string of the molecule is Cc1noc(C)c1-c1ccc2nc(-c3cccnc3N)n(-c3ccc(CN4CCC(Nc5ccnc(C#N)n5)CC4)cc3)c2n1. The topological polar surface area (TPSA) is 160 Å². The summed E-state index contributed by atoms with van der Waals surface area (Å²) in [4.78, 5) is 25.0. The Kier molecular flexibility index (Phi) is 7.36. The molecule has 0 unspecified atom stereocenters. The van der Waals surface area contributed by atoms with E-state index in [9.17, 15) is 0 Å². The lowest BCUT2D eigenvalue weighted by Gasteiger charge is -2.32. The number of nitrogens with two attached hydrogens (primary N) is 1. The Morgan fingerprint density at radius 3 is 2.53 bits per heavy atom. The Morgan fingerprint density at radius 2 is 1.80 bits per heavy atom. The summed E-state index contributed by atoms with van der Waals surface area (Å²) in [7, 11) is 0. The van der Waals surface area contributed by atoms with Crippen LogP contribution in [0, 0.1) is 25.2 Å². The summed E-state index contributed by atoms with van der Waals surface area (Å²) in [5.74, 6) is 2.67. The van der Waals surface area contributed by atoms with Crippen LogP contribution >= 0.6 is 0 Å². The molecule has 224 valence electrons. The third kappa shape index (κ3) is 5.57.